The third-order valence-corrected chi connectivity index (χ3v) is 10.0. The van der Waals surface area contributed by atoms with Crippen LogP contribution in [0.2, 0.25) is 0 Å². The molecule has 0 amide bonds. The highest BCUT2D eigenvalue weighted by molar-refractivity contribution is 5.30. The summed E-state index contributed by atoms with van der Waals surface area (Å²) < 4.78 is 15.2. The fourth-order valence-electron chi connectivity index (χ4n) is 7.57. The molecule has 5 rings (SSSR count). The molecule has 2 aromatic carbocycles. The zero-order valence-electron chi connectivity index (χ0n) is 21.6. The van der Waals surface area contributed by atoms with Crippen molar-refractivity contribution in [3.8, 4) is 0 Å². The van der Waals surface area contributed by atoms with Gasteiger partial charge >= 0.3 is 0 Å². The van der Waals surface area contributed by atoms with Gasteiger partial charge in [0.05, 0.1) is 0 Å². The molecule has 3 aliphatic carbocycles. The summed E-state index contributed by atoms with van der Waals surface area (Å²) in [5, 5.41) is 0. The Balaban J connectivity index is 1.12. The zero-order valence-corrected chi connectivity index (χ0v) is 21.6. The first-order valence-electron chi connectivity index (χ1n) is 14.5. The van der Waals surface area contributed by atoms with Crippen molar-refractivity contribution in [1.82, 2.24) is 0 Å². The first-order chi connectivity index (χ1) is 16.6. The molecule has 0 heterocycles. The van der Waals surface area contributed by atoms with Crippen LogP contribution < -0.4 is 0 Å². The quantitative estimate of drug-likeness (QED) is 0.416. The van der Waals surface area contributed by atoms with Gasteiger partial charge in [-0.25, -0.2) is 4.39 Å². The van der Waals surface area contributed by atoms with Gasteiger partial charge in [0.2, 0.25) is 0 Å². The molecule has 1 heteroatoms. The van der Waals surface area contributed by atoms with Crippen LogP contribution in [0.1, 0.15) is 131 Å². The Morgan fingerprint density at radius 1 is 0.618 bits per heavy atom. The second-order valence-electron chi connectivity index (χ2n) is 12.1. The molecule has 0 aliphatic heterocycles. The van der Waals surface area contributed by atoms with E-state index in [1.807, 2.05) is 6.07 Å². The van der Waals surface area contributed by atoms with E-state index in [0.717, 1.165) is 35.7 Å². The summed E-state index contributed by atoms with van der Waals surface area (Å²) in [5.74, 6) is 4.46. The van der Waals surface area contributed by atoms with Crippen LogP contribution in [0.15, 0.2) is 42.5 Å². The van der Waals surface area contributed by atoms with E-state index in [1.54, 1.807) is 5.56 Å². The maximum Gasteiger partial charge on any atom is 0.126 e. The standard InChI is InChI=1S/C33H45F/c1-3-24-6-10-25(11-7-24)26-12-14-27(15-13-26)28-16-18-30(19-17-28)32-21-20-31(22-33(32)34)29-8-4-23(2)5-9-29/h6-7,10-11,20-23,26-30H,3-5,8-9,12-19H2,1-2H3. The van der Waals surface area contributed by atoms with Crippen molar-refractivity contribution in [2.24, 2.45) is 17.8 Å². The SMILES string of the molecule is CCc1ccc(C2CCC(C3CCC(c4ccc(C5CCC(C)CC5)cc4F)CC3)CC2)cc1. The van der Waals surface area contributed by atoms with Crippen molar-refractivity contribution in [3.05, 3.63) is 70.5 Å². The Labute approximate surface area is 207 Å². The van der Waals surface area contributed by atoms with Crippen molar-refractivity contribution >= 4 is 0 Å². The van der Waals surface area contributed by atoms with Crippen molar-refractivity contribution in [1.29, 1.82) is 0 Å². The van der Waals surface area contributed by atoms with Gasteiger partial charge in [-0.1, -0.05) is 63.1 Å². The molecule has 0 bridgehead atoms. The van der Waals surface area contributed by atoms with Crippen LogP contribution in [0.25, 0.3) is 0 Å². The van der Waals surface area contributed by atoms with E-state index < -0.39 is 0 Å². The average Bonchev–Trinajstić information content (AvgIpc) is 2.89. The third-order valence-electron chi connectivity index (χ3n) is 10.0. The van der Waals surface area contributed by atoms with Gasteiger partial charge in [-0.2, -0.15) is 0 Å². The molecule has 0 nitrogen and oxygen atoms in total. The highest BCUT2D eigenvalue weighted by Crippen LogP contribution is 2.46. The predicted molar refractivity (Wildman–Crippen MR) is 142 cm³/mol. The van der Waals surface area contributed by atoms with Crippen LogP contribution in [0.5, 0.6) is 0 Å². The monoisotopic (exact) mass is 460 g/mol. The van der Waals surface area contributed by atoms with Crippen LogP contribution in [0.4, 0.5) is 4.39 Å². The van der Waals surface area contributed by atoms with Crippen molar-refractivity contribution < 1.29 is 4.39 Å². The van der Waals surface area contributed by atoms with Gasteiger partial charge in [-0.15, -0.1) is 0 Å². The topological polar surface area (TPSA) is 0 Å². The molecular formula is C33H45F. The minimum absolute atomic E-state index is 0.0779. The van der Waals surface area contributed by atoms with E-state index in [4.69, 9.17) is 0 Å². The summed E-state index contributed by atoms with van der Waals surface area (Å²) in [5.41, 5.74) is 5.26. The lowest BCUT2D eigenvalue weighted by atomic mass is 9.67. The zero-order chi connectivity index (χ0) is 23.5. The molecule has 3 saturated carbocycles. The molecule has 0 radical (unpaired) electrons. The van der Waals surface area contributed by atoms with Crippen molar-refractivity contribution in [2.45, 2.75) is 115 Å². The fraction of sp³-hybridized carbons (Fsp3) is 0.636. The number of hydrogen-bond acceptors (Lipinski definition) is 0. The first kappa shape index (κ1) is 24.1. The Hall–Kier alpha value is -1.63. The summed E-state index contributed by atoms with van der Waals surface area (Å²) in [4.78, 5) is 0. The number of rotatable bonds is 5. The van der Waals surface area contributed by atoms with Gasteiger partial charge in [0.25, 0.3) is 0 Å². The molecule has 0 unspecified atom stereocenters. The maximum atomic E-state index is 15.2. The average molecular weight is 461 g/mol. The van der Waals surface area contributed by atoms with Gasteiger partial charge in [-0.05, 0) is 134 Å². The Morgan fingerprint density at radius 2 is 1.12 bits per heavy atom. The molecular weight excluding hydrogens is 415 g/mol. The largest absolute Gasteiger partial charge is 0.207 e. The minimum Gasteiger partial charge on any atom is -0.207 e. The Kier molecular flexibility index (Phi) is 7.77. The van der Waals surface area contributed by atoms with Crippen LogP contribution in [0.3, 0.4) is 0 Å². The summed E-state index contributed by atoms with van der Waals surface area (Å²) in [6.07, 6.45) is 16.6. The molecule has 0 atom stereocenters. The van der Waals surface area contributed by atoms with E-state index in [9.17, 15) is 0 Å². The van der Waals surface area contributed by atoms with Crippen molar-refractivity contribution in [2.75, 3.05) is 0 Å². The van der Waals surface area contributed by atoms with Gasteiger partial charge in [0.15, 0.2) is 0 Å². The van der Waals surface area contributed by atoms with Crippen LogP contribution >= 0.6 is 0 Å². The lowest BCUT2D eigenvalue weighted by molar-refractivity contribution is 0.176. The Bertz CT molecular complexity index is 904. The smallest absolute Gasteiger partial charge is 0.126 e. The fourth-order valence-corrected chi connectivity index (χ4v) is 7.57. The normalized spacial score (nSPS) is 32.4. The molecule has 3 aliphatic rings. The summed E-state index contributed by atoms with van der Waals surface area (Å²) in [6.45, 7) is 4.59. The maximum absolute atomic E-state index is 15.2. The van der Waals surface area contributed by atoms with Crippen LogP contribution in [-0.2, 0) is 6.42 Å². The highest BCUT2D eigenvalue weighted by atomic mass is 19.1. The van der Waals surface area contributed by atoms with Crippen LogP contribution in [-0.4, -0.2) is 0 Å². The van der Waals surface area contributed by atoms with E-state index in [1.165, 1.54) is 88.2 Å². The van der Waals surface area contributed by atoms with E-state index in [-0.39, 0.29) is 5.82 Å². The first-order valence-corrected chi connectivity index (χ1v) is 14.5. The highest BCUT2D eigenvalue weighted by Gasteiger charge is 2.32. The van der Waals surface area contributed by atoms with E-state index in [0.29, 0.717) is 11.8 Å². The number of benzene rings is 2. The van der Waals surface area contributed by atoms with E-state index >= 15 is 4.39 Å². The van der Waals surface area contributed by atoms with Gasteiger partial charge in [-0.3, -0.25) is 0 Å². The molecule has 184 valence electrons. The number of aryl methyl sites for hydroxylation is 1. The molecule has 0 aromatic heterocycles. The minimum atomic E-state index is 0.0779. The lowest BCUT2D eigenvalue weighted by Gasteiger charge is -2.38. The molecule has 0 spiro atoms. The van der Waals surface area contributed by atoms with Gasteiger partial charge < -0.3 is 0 Å². The van der Waals surface area contributed by atoms with Gasteiger partial charge in [0, 0.05) is 0 Å². The lowest BCUT2D eigenvalue weighted by Crippen LogP contribution is -2.25. The Morgan fingerprint density at radius 3 is 1.68 bits per heavy atom. The molecule has 2 aromatic rings. The second-order valence-corrected chi connectivity index (χ2v) is 12.1. The predicted octanol–water partition coefficient (Wildman–Crippen LogP) is 9.93. The van der Waals surface area contributed by atoms with E-state index in [2.05, 4.69) is 50.2 Å². The molecule has 34 heavy (non-hydrogen) atoms. The van der Waals surface area contributed by atoms with Crippen LogP contribution in [0, 0.1) is 23.6 Å². The number of hydrogen-bond donors (Lipinski definition) is 0. The molecule has 0 N–H and O–H groups in total. The summed E-state index contributed by atoms with van der Waals surface area (Å²) >= 11 is 0. The van der Waals surface area contributed by atoms with Crippen molar-refractivity contribution in [3.63, 3.8) is 0 Å². The summed E-state index contributed by atoms with van der Waals surface area (Å²) in [7, 11) is 0. The second kappa shape index (κ2) is 11.0. The van der Waals surface area contributed by atoms with Gasteiger partial charge in [0.1, 0.15) is 5.82 Å². The third kappa shape index (κ3) is 5.44. The molecule has 3 fully saturated rings. The summed E-state index contributed by atoms with van der Waals surface area (Å²) in [6, 6.07) is 15.7. The molecule has 0 saturated heterocycles. The number of halogens is 1.